The van der Waals surface area contributed by atoms with E-state index >= 15 is 0 Å². The molecule has 2 aromatic rings. The zero-order chi connectivity index (χ0) is 7.84. The highest BCUT2D eigenvalue weighted by molar-refractivity contribution is 9.10. The van der Waals surface area contributed by atoms with Gasteiger partial charge in [0.25, 0.3) is 0 Å². The summed E-state index contributed by atoms with van der Waals surface area (Å²) < 4.78 is 1.13. The summed E-state index contributed by atoms with van der Waals surface area (Å²) in [5.74, 6) is 0. The number of rotatable bonds is 0. The van der Waals surface area contributed by atoms with Gasteiger partial charge in [0.2, 0.25) is 0 Å². The Morgan fingerprint density at radius 1 is 1.42 bits per heavy atom. The highest BCUT2D eigenvalue weighted by Crippen LogP contribution is 2.25. The van der Waals surface area contributed by atoms with Crippen LogP contribution in [0.25, 0.3) is 10.9 Å². The maximum atomic E-state index is 3.95. The Hall–Kier alpha value is -0.540. The van der Waals surface area contributed by atoms with Gasteiger partial charge in [-0.1, -0.05) is 6.07 Å². The molecule has 0 aliphatic heterocycles. The van der Waals surface area contributed by atoms with Crippen LogP contribution in [-0.2, 0) is 0 Å². The third kappa shape index (κ3) is 1.34. The van der Waals surface area contributed by atoms with Gasteiger partial charge in [-0.15, -0.1) is 12.4 Å². The second kappa shape index (κ2) is 3.46. The van der Waals surface area contributed by atoms with Crippen LogP contribution in [0.2, 0.25) is 0 Å². The first-order valence-electron chi connectivity index (χ1n) is 3.37. The molecule has 0 amide bonds. The normalized spacial score (nSPS) is 9.83. The lowest BCUT2D eigenvalue weighted by Gasteiger charge is -1.96. The molecule has 1 heterocycles. The van der Waals surface area contributed by atoms with Gasteiger partial charge in [0, 0.05) is 9.86 Å². The molecule has 0 unspecified atom stereocenters. The minimum Gasteiger partial charge on any atom is -0.278 e. The van der Waals surface area contributed by atoms with Gasteiger partial charge < -0.3 is 0 Å². The van der Waals surface area contributed by atoms with Gasteiger partial charge in [-0.2, -0.15) is 5.10 Å². The van der Waals surface area contributed by atoms with E-state index in [-0.39, 0.29) is 12.4 Å². The predicted molar refractivity (Wildman–Crippen MR) is 55.8 cm³/mol. The summed E-state index contributed by atoms with van der Waals surface area (Å²) in [7, 11) is 0. The topological polar surface area (TPSA) is 28.7 Å². The summed E-state index contributed by atoms with van der Waals surface area (Å²) in [6.07, 6.45) is 1.83. The van der Waals surface area contributed by atoms with Crippen molar-refractivity contribution in [2.75, 3.05) is 0 Å². The fraction of sp³-hybridized carbons (Fsp3) is 0.125. The van der Waals surface area contributed by atoms with Crippen LogP contribution in [0.15, 0.2) is 22.8 Å². The van der Waals surface area contributed by atoms with E-state index in [0.717, 1.165) is 15.4 Å². The summed E-state index contributed by atoms with van der Waals surface area (Å²) in [6, 6.07) is 4.09. The van der Waals surface area contributed by atoms with E-state index in [4.69, 9.17) is 0 Å². The van der Waals surface area contributed by atoms with Crippen molar-refractivity contribution >= 4 is 39.2 Å². The van der Waals surface area contributed by atoms with Crippen LogP contribution >= 0.6 is 28.3 Å². The maximum absolute atomic E-state index is 3.95. The van der Waals surface area contributed by atoms with Crippen LogP contribution in [-0.4, -0.2) is 10.2 Å². The van der Waals surface area contributed by atoms with Gasteiger partial charge in [0.15, 0.2) is 0 Å². The van der Waals surface area contributed by atoms with Gasteiger partial charge in [-0.3, -0.25) is 5.10 Å². The zero-order valence-corrected chi connectivity index (χ0v) is 8.87. The Morgan fingerprint density at radius 3 is 2.92 bits per heavy atom. The molecule has 1 aromatic carbocycles. The maximum Gasteiger partial charge on any atom is 0.0661 e. The van der Waals surface area contributed by atoms with E-state index in [1.165, 1.54) is 5.56 Å². The summed E-state index contributed by atoms with van der Waals surface area (Å²) in [5.41, 5.74) is 2.31. The van der Waals surface area contributed by atoms with Crippen molar-refractivity contribution in [3.8, 4) is 0 Å². The van der Waals surface area contributed by atoms with Crippen LogP contribution in [0.3, 0.4) is 0 Å². The van der Waals surface area contributed by atoms with Crippen molar-refractivity contribution in [3.05, 3.63) is 28.4 Å². The number of nitrogens with one attached hydrogen (secondary N) is 1. The second-order valence-corrected chi connectivity index (χ2v) is 3.32. The second-order valence-electron chi connectivity index (χ2n) is 2.53. The Balaban J connectivity index is 0.000000720. The monoisotopic (exact) mass is 246 g/mol. The molecular weight excluding hydrogens is 239 g/mol. The van der Waals surface area contributed by atoms with Crippen molar-refractivity contribution in [3.63, 3.8) is 0 Å². The quantitative estimate of drug-likeness (QED) is 0.761. The molecule has 0 spiro atoms. The number of aromatic nitrogens is 2. The molecule has 0 fully saturated rings. The molecule has 0 saturated carbocycles. The van der Waals surface area contributed by atoms with Crippen LogP contribution in [0, 0.1) is 6.92 Å². The minimum atomic E-state index is 0. The summed E-state index contributed by atoms with van der Waals surface area (Å²) in [6.45, 7) is 2.07. The molecule has 4 heteroatoms. The molecule has 2 nitrogen and oxygen atoms in total. The Kier molecular flexibility index (Phi) is 2.75. The van der Waals surface area contributed by atoms with E-state index < -0.39 is 0 Å². The summed E-state index contributed by atoms with van der Waals surface area (Å²) in [5, 5.41) is 8.00. The van der Waals surface area contributed by atoms with Gasteiger partial charge in [0.1, 0.15) is 0 Å². The van der Waals surface area contributed by atoms with E-state index in [1.54, 1.807) is 0 Å². The molecule has 0 aliphatic rings. The number of hydrogen-bond donors (Lipinski definition) is 1. The molecule has 0 atom stereocenters. The number of aromatic amines is 1. The van der Waals surface area contributed by atoms with Crippen molar-refractivity contribution in [2.24, 2.45) is 0 Å². The Labute approximate surface area is 84.9 Å². The standard InChI is InChI=1S/C8H7BrN2.ClH/c1-5-2-3-7-6(8(5)9)4-10-11-7;/h2-4H,1H3,(H,10,11);1H. The third-order valence-electron chi connectivity index (χ3n) is 1.75. The first-order chi connectivity index (χ1) is 5.29. The van der Waals surface area contributed by atoms with Gasteiger partial charge >= 0.3 is 0 Å². The average Bonchev–Trinajstić information content (AvgIpc) is 2.45. The van der Waals surface area contributed by atoms with Gasteiger partial charge in [-0.25, -0.2) is 0 Å². The number of fused-ring (bicyclic) bond motifs is 1. The average molecular weight is 248 g/mol. The van der Waals surface area contributed by atoms with Crippen molar-refractivity contribution < 1.29 is 0 Å². The smallest absolute Gasteiger partial charge is 0.0661 e. The molecule has 0 bridgehead atoms. The molecule has 0 saturated heterocycles. The van der Waals surface area contributed by atoms with Crippen molar-refractivity contribution in [2.45, 2.75) is 6.92 Å². The van der Waals surface area contributed by atoms with Crippen LogP contribution < -0.4 is 0 Å². The fourth-order valence-corrected chi connectivity index (χ4v) is 1.54. The molecular formula is C8H8BrClN2. The van der Waals surface area contributed by atoms with Crippen LogP contribution in [0.4, 0.5) is 0 Å². The van der Waals surface area contributed by atoms with E-state index in [1.807, 2.05) is 12.3 Å². The lowest BCUT2D eigenvalue weighted by molar-refractivity contribution is 1.12. The number of hydrogen-bond acceptors (Lipinski definition) is 1. The van der Waals surface area contributed by atoms with Gasteiger partial charge in [-0.05, 0) is 34.5 Å². The lowest BCUT2D eigenvalue weighted by Crippen LogP contribution is -1.75. The number of benzene rings is 1. The number of halogens is 2. The van der Waals surface area contributed by atoms with E-state index in [0.29, 0.717) is 0 Å². The highest BCUT2D eigenvalue weighted by atomic mass is 79.9. The Bertz CT molecular complexity index is 397. The third-order valence-corrected chi connectivity index (χ3v) is 2.80. The number of nitrogens with zero attached hydrogens (tertiary/aromatic N) is 1. The van der Waals surface area contributed by atoms with Crippen LogP contribution in [0.5, 0.6) is 0 Å². The SMILES string of the molecule is Cc1ccc2[nH]ncc2c1Br.Cl. The highest BCUT2D eigenvalue weighted by Gasteiger charge is 2.01. The number of H-pyrrole nitrogens is 1. The molecule has 1 aromatic heterocycles. The van der Waals surface area contributed by atoms with Crippen molar-refractivity contribution in [1.29, 1.82) is 0 Å². The largest absolute Gasteiger partial charge is 0.278 e. The predicted octanol–water partition coefficient (Wildman–Crippen LogP) is 3.06. The summed E-state index contributed by atoms with van der Waals surface area (Å²) >= 11 is 3.50. The molecule has 1 N–H and O–H groups in total. The molecule has 0 radical (unpaired) electrons. The zero-order valence-electron chi connectivity index (χ0n) is 6.47. The molecule has 64 valence electrons. The van der Waals surface area contributed by atoms with Gasteiger partial charge in [0.05, 0.1) is 11.7 Å². The first-order valence-corrected chi connectivity index (χ1v) is 4.16. The lowest BCUT2D eigenvalue weighted by atomic mass is 10.2. The van der Waals surface area contributed by atoms with E-state index in [9.17, 15) is 0 Å². The first kappa shape index (κ1) is 9.55. The van der Waals surface area contributed by atoms with E-state index in [2.05, 4.69) is 39.1 Å². The molecule has 0 aliphatic carbocycles. The molecule has 12 heavy (non-hydrogen) atoms. The van der Waals surface area contributed by atoms with Crippen LogP contribution in [0.1, 0.15) is 5.56 Å². The minimum absolute atomic E-state index is 0. The van der Waals surface area contributed by atoms with Crippen molar-refractivity contribution in [1.82, 2.24) is 10.2 Å². The fourth-order valence-electron chi connectivity index (χ4n) is 1.09. The molecule has 2 rings (SSSR count). The Morgan fingerprint density at radius 2 is 2.17 bits per heavy atom. The number of aryl methyl sites for hydroxylation is 1. The summed E-state index contributed by atoms with van der Waals surface area (Å²) in [4.78, 5) is 0.